The molecule has 4 aromatic rings. The maximum absolute atomic E-state index is 10.9. The van der Waals surface area contributed by atoms with Crippen LogP contribution in [0.2, 0.25) is 0 Å². The van der Waals surface area contributed by atoms with Crippen LogP contribution in [0.5, 0.6) is 0 Å². The van der Waals surface area contributed by atoms with Gasteiger partial charge in [-0.1, -0.05) is 6.07 Å². The number of rotatable bonds is 5. The molecular formula is C22H20N6O3. The van der Waals surface area contributed by atoms with Crippen molar-refractivity contribution in [1.29, 1.82) is 0 Å². The fourth-order valence-corrected chi connectivity index (χ4v) is 3.73. The Kier molecular flexibility index (Phi) is 5.01. The van der Waals surface area contributed by atoms with Crippen LogP contribution >= 0.6 is 0 Å². The van der Waals surface area contributed by atoms with Crippen LogP contribution in [-0.2, 0) is 4.74 Å². The molecule has 1 aliphatic rings. The number of nitro groups is 1. The fraction of sp³-hybridized carbons (Fsp3) is 0.227. The SMILES string of the molecule is O=[N+]([O-])c1ccc(-c2cnc(-c3cccc(-c4ccnn4C4CCCCO4)n3)[nH]2)cc1. The van der Waals surface area contributed by atoms with Crippen molar-refractivity contribution >= 4 is 5.69 Å². The van der Waals surface area contributed by atoms with Crippen LogP contribution in [0.15, 0.2) is 60.9 Å². The molecule has 1 fully saturated rings. The molecule has 5 rings (SSSR count). The number of hydrogen-bond donors (Lipinski definition) is 1. The molecule has 1 saturated heterocycles. The summed E-state index contributed by atoms with van der Waals surface area (Å²) >= 11 is 0. The van der Waals surface area contributed by atoms with Crippen LogP contribution in [0, 0.1) is 10.1 Å². The first-order valence-corrected chi connectivity index (χ1v) is 10.1. The first kappa shape index (κ1) is 19.1. The third-order valence-corrected chi connectivity index (χ3v) is 5.32. The van der Waals surface area contributed by atoms with E-state index in [0.29, 0.717) is 11.5 Å². The molecule has 0 aliphatic carbocycles. The molecule has 1 unspecified atom stereocenters. The normalized spacial score (nSPS) is 16.3. The minimum Gasteiger partial charge on any atom is -0.356 e. The maximum Gasteiger partial charge on any atom is 0.269 e. The third-order valence-electron chi connectivity index (χ3n) is 5.32. The van der Waals surface area contributed by atoms with Gasteiger partial charge in [-0.3, -0.25) is 10.1 Å². The number of nitro benzene ring substituents is 1. The van der Waals surface area contributed by atoms with E-state index in [1.54, 1.807) is 24.5 Å². The molecule has 1 aromatic carbocycles. The zero-order valence-electron chi connectivity index (χ0n) is 16.6. The van der Waals surface area contributed by atoms with Crippen LogP contribution in [-0.4, -0.2) is 36.3 Å². The van der Waals surface area contributed by atoms with Crippen molar-refractivity contribution in [2.45, 2.75) is 25.5 Å². The first-order valence-electron chi connectivity index (χ1n) is 10.1. The number of non-ortho nitro benzene ring substituents is 1. The standard InChI is InChI=1S/C22H20N6O3/c29-28(30)16-9-7-15(8-10-16)19-14-23-22(26-19)18-5-3-4-17(25-18)20-11-12-24-27(20)21-6-1-2-13-31-21/h3-5,7-12,14,21H,1-2,6,13H2,(H,23,26). The van der Waals surface area contributed by atoms with Crippen LogP contribution in [0.1, 0.15) is 25.5 Å². The van der Waals surface area contributed by atoms with Gasteiger partial charge in [0.05, 0.1) is 28.2 Å². The van der Waals surface area contributed by atoms with Gasteiger partial charge in [0.1, 0.15) is 5.69 Å². The van der Waals surface area contributed by atoms with E-state index in [-0.39, 0.29) is 11.9 Å². The lowest BCUT2D eigenvalue weighted by molar-refractivity contribution is -0.384. The molecule has 9 heteroatoms. The van der Waals surface area contributed by atoms with Gasteiger partial charge in [0.2, 0.25) is 0 Å². The molecule has 4 heterocycles. The quantitative estimate of drug-likeness (QED) is 0.376. The van der Waals surface area contributed by atoms with Gasteiger partial charge >= 0.3 is 0 Å². The van der Waals surface area contributed by atoms with E-state index >= 15 is 0 Å². The van der Waals surface area contributed by atoms with Crippen molar-refractivity contribution in [3.05, 3.63) is 71.0 Å². The van der Waals surface area contributed by atoms with Crippen molar-refractivity contribution < 1.29 is 9.66 Å². The first-order chi connectivity index (χ1) is 15.2. The predicted octanol–water partition coefficient (Wildman–Crippen LogP) is 4.61. The lowest BCUT2D eigenvalue weighted by Gasteiger charge is -2.24. The summed E-state index contributed by atoms with van der Waals surface area (Å²) in [6.07, 6.45) is 6.53. The Balaban J connectivity index is 1.43. The van der Waals surface area contributed by atoms with Crippen LogP contribution in [0.25, 0.3) is 34.2 Å². The zero-order chi connectivity index (χ0) is 21.2. The Bertz CT molecular complexity index is 1210. The van der Waals surface area contributed by atoms with Crippen molar-refractivity contribution in [1.82, 2.24) is 24.7 Å². The minimum atomic E-state index is -0.416. The summed E-state index contributed by atoms with van der Waals surface area (Å²) in [6, 6.07) is 14.1. The largest absolute Gasteiger partial charge is 0.356 e. The molecule has 0 bridgehead atoms. The second-order valence-electron chi connectivity index (χ2n) is 7.34. The Morgan fingerprint density at radius 3 is 2.71 bits per heavy atom. The van der Waals surface area contributed by atoms with Gasteiger partial charge in [-0.2, -0.15) is 5.10 Å². The molecule has 1 N–H and O–H groups in total. The number of H-pyrrole nitrogens is 1. The van der Waals surface area contributed by atoms with Crippen molar-refractivity contribution in [3.63, 3.8) is 0 Å². The molecule has 0 radical (unpaired) electrons. The highest BCUT2D eigenvalue weighted by molar-refractivity contribution is 5.65. The van der Waals surface area contributed by atoms with Crippen LogP contribution < -0.4 is 0 Å². The average Bonchev–Trinajstić information content (AvgIpc) is 3.50. The maximum atomic E-state index is 10.9. The van der Waals surface area contributed by atoms with Gasteiger partial charge in [0, 0.05) is 30.5 Å². The van der Waals surface area contributed by atoms with Gasteiger partial charge in [-0.15, -0.1) is 0 Å². The number of aromatic amines is 1. The monoisotopic (exact) mass is 416 g/mol. The molecule has 1 atom stereocenters. The molecule has 3 aromatic heterocycles. The van der Waals surface area contributed by atoms with Crippen molar-refractivity contribution in [2.24, 2.45) is 0 Å². The molecule has 9 nitrogen and oxygen atoms in total. The summed E-state index contributed by atoms with van der Waals surface area (Å²) in [5.41, 5.74) is 4.01. The highest BCUT2D eigenvalue weighted by Crippen LogP contribution is 2.29. The van der Waals surface area contributed by atoms with Crippen molar-refractivity contribution in [3.8, 4) is 34.2 Å². The second-order valence-corrected chi connectivity index (χ2v) is 7.34. The second kappa shape index (κ2) is 8.11. The Labute approximate surface area is 177 Å². The smallest absolute Gasteiger partial charge is 0.269 e. The zero-order valence-corrected chi connectivity index (χ0v) is 16.6. The lowest BCUT2D eigenvalue weighted by Crippen LogP contribution is -2.20. The van der Waals surface area contributed by atoms with Crippen LogP contribution in [0.4, 0.5) is 5.69 Å². The van der Waals surface area contributed by atoms with E-state index in [2.05, 4.69) is 15.1 Å². The van der Waals surface area contributed by atoms with Crippen molar-refractivity contribution in [2.75, 3.05) is 6.61 Å². The van der Waals surface area contributed by atoms with Gasteiger partial charge in [-0.05, 0) is 49.6 Å². The van der Waals surface area contributed by atoms with E-state index in [4.69, 9.17) is 9.72 Å². The van der Waals surface area contributed by atoms with Gasteiger partial charge in [0.15, 0.2) is 12.1 Å². The summed E-state index contributed by atoms with van der Waals surface area (Å²) in [5.74, 6) is 0.621. The van der Waals surface area contributed by atoms with Gasteiger partial charge in [-0.25, -0.2) is 14.6 Å². The molecular weight excluding hydrogens is 396 g/mol. The molecule has 31 heavy (non-hydrogen) atoms. The summed E-state index contributed by atoms with van der Waals surface area (Å²) in [7, 11) is 0. The molecule has 156 valence electrons. The van der Waals surface area contributed by atoms with E-state index in [1.165, 1.54) is 12.1 Å². The van der Waals surface area contributed by atoms with E-state index < -0.39 is 4.92 Å². The third kappa shape index (κ3) is 3.82. The topological polar surface area (TPSA) is 112 Å². The number of nitrogens with zero attached hydrogens (tertiary/aromatic N) is 5. The highest BCUT2D eigenvalue weighted by Gasteiger charge is 2.20. The minimum absolute atomic E-state index is 0.0522. The predicted molar refractivity (Wildman–Crippen MR) is 114 cm³/mol. The summed E-state index contributed by atoms with van der Waals surface area (Å²) in [4.78, 5) is 22.9. The number of benzene rings is 1. The number of aromatic nitrogens is 5. The van der Waals surface area contributed by atoms with E-state index in [9.17, 15) is 10.1 Å². The summed E-state index contributed by atoms with van der Waals surface area (Å²) < 4.78 is 7.79. The summed E-state index contributed by atoms with van der Waals surface area (Å²) in [5, 5.41) is 15.3. The highest BCUT2D eigenvalue weighted by atomic mass is 16.6. The molecule has 0 spiro atoms. The Morgan fingerprint density at radius 1 is 1.10 bits per heavy atom. The number of pyridine rings is 1. The molecule has 0 saturated carbocycles. The number of ether oxygens (including phenoxy) is 1. The van der Waals surface area contributed by atoms with E-state index in [1.807, 2.05) is 28.9 Å². The molecule has 0 amide bonds. The van der Waals surface area contributed by atoms with E-state index in [0.717, 1.165) is 48.5 Å². The van der Waals surface area contributed by atoms with Crippen LogP contribution in [0.3, 0.4) is 0 Å². The fourth-order valence-electron chi connectivity index (χ4n) is 3.73. The average molecular weight is 416 g/mol. The Morgan fingerprint density at radius 2 is 1.94 bits per heavy atom. The van der Waals surface area contributed by atoms with Gasteiger partial charge < -0.3 is 9.72 Å². The molecule has 1 aliphatic heterocycles. The number of imidazole rings is 1. The van der Waals surface area contributed by atoms with Gasteiger partial charge in [0.25, 0.3) is 5.69 Å². The lowest BCUT2D eigenvalue weighted by atomic mass is 10.1. The number of hydrogen-bond acceptors (Lipinski definition) is 6. The summed E-state index contributed by atoms with van der Waals surface area (Å²) in [6.45, 7) is 0.745. The Hall–Kier alpha value is -3.85. The number of nitrogens with one attached hydrogen (secondary N) is 1.